The molecule has 0 saturated heterocycles. The summed E-state index contributed by atoms with van der Waals surface area (Å²) in [6, 6.07) is 15.7. The number of carbonyl (C=O) groups excluding carboxylic acids is 2. The van der Waals surface area contributed by atoms with E-state index in [1.807, 2.05) is 110 Å². The zero-order valence-corrected chi connectivity index (χ0v) is 26.8. The van der Waals surface area contributed by atoms with Crippen LogP contribution in [0.3, 0.4) is 0 Å². The van der Waals surface area contributed by atoms with Gasteiger partial charge in [-0.05, 0) is 62.8 Å². The highest BCUT2D eigenvalue weighted by atomic mass is 32.2. The van der Waals surface area contributed by atoms with Gasteiger partial charge in [0.05, 0.1) is 0 Å². The molecular weight excluding hydrogens is 484 g/mol. The second-order valence-electron chi connectivity index (χ2n) is 6.74. The summed E-state index contributed by atoms with van der Waals surface area (Å²) >= 11 is 1.69. The van der Waals surface area contributed by atoms with Crippen molar-refractivity contribution in [3.8, 4) is 0 Å². The first-order valence-electron chi connectivity index (χ1n) is 13.0. The third-order valence-electron chi connectivity index (χ3n) is 4.06. The Labute approximate surface area is 231 Å². The Bertz CT molecular complexity index is 730. The molecule has 0 unspecified atom stereocenters. The second-order valence-corrected chi connectivity index (χ2v) is 9.72. The molecule has 0 atom stereocenters. The molecule has 208 valence electrons. The van der Waals surface area contributed by atoms with Crippen LogP contribution in [0.2, 0.25) is 0 Å². The summed E-state index contributed by atoms with van der Waals surface area (Å²) in [7, 11) is 2.22. The molecule has 0 fully saturated rings. The molecule has 3 N–H and O–H groups in total. The number of Topliss-reactive ketones (excluding diaryl/α,β-unsaturated/α-hetero) is 2. The van der Waals surface area contributed by atoms with Gasteiger partial charge in [0.2, 0.25) is 0 Å². The molecule has 0 aliphatic rings. The summed E-state index contributed by atoms with van der Waals surface area (Å²) in [6.45, 7) is 17.6. The van der Waals surface area contributed by atoms with Gasteiger partial charge in [0.1, 0.15) is 12.5 Å². The van der Waals surface area contributed by atoms with Crippen LogP contribution in [0.25, 0.3) is 0 Å². The number of hydrogen-bond donors (Lipinski definition) is 2. The number of rotatable bonds is 7. The lowest BCUT2D eigenvalue weighted by molar-refractivity contribution is 0.0980. The summed E-state index contributed by atoms with van der Waals surface area (Å²) in [6.07, 6.45) is 7.55. The summed E-state index contributed by atoms with van der Waals surface area (Å²) in [5.74, 6) is 0.432. The lowest BCUT2D eigenvalue weighted by Crippen LogP contribution is -2.01. The van der Waals surface area contributed by atoms with Gasteiger partial charge in [0.15, 0.2) is 16.5 Å². The van der Waals surface area contributed by atoms with E-state index in [1.165, 1.54) is 9.79 Å². The van der Waals surface area contributed by atoms with Gasteiger partial charge in [-0.3, -0.25) is 9.59 Å². The average Bonchev–Trinajstić information content (AvgIpc) is 2.95. The van der Waals surface area contributed by atoms with E-state index in [9.17, 15) is 9.59 Å². The highest BCUT2D eigenvalue weighted by Gasteiger charge is 2.09. The molecule has 0 radical (unpaired) electrons. The molecule has 2 aromatic carbocycles. The van der Waals surface area contributed by atoms with Crippen LogP contribution in [0, 0.1) is 0 Å². The molecule has 36 heavy (non-hydrogen) atoms. The Hall–Kier alpha value is -1.60. The smallest absolute Gasteiger partial charge is 0.162 e. The monoisotopic (exact) mass is 539 g/mol. The van der Waals surface area contributed by atoms with E-state index in [2.05, 4.69) is 24.8 Å². The molecule has 0 spiro atoms. The maximum Gasteiger partial charge on any atom is 0.162 e. The Kier molecular flexibility index (Phi) is 36.3. The maximum absolute atomic E-state index is 11.3. The fourth-order valence-corrected chi connectivity index (χ4v) is 3.19. The average molecular weight is 540 g/mol. The van der Waals surface area contributed by atoms with E-state index in [0.29, 0.717) is 12.8 Å². The topological polar surface area (TPSA) is 72.2 Å². The van der Waals surface area contributed by atoms with Crippen molar-refractivity contribution in [2.75, 3.05) is 38.9 Å². The first-order chi connectivity index (χ1) is 17.2. The molecule has 0 aromatic heterocycles. The van der Waals surface area contributed by atoms with Gasteiger partial charge in [0.25, 0.3) is 0 Å². The zero-order valence-electron chi connectivity index (χ0n) is 25.2. The third-order valence-corrected chi connectivity index (χ3v) is 6.01. The fraction of sp³-hybridized carbons (Fsp3) is 0.533. The minimum Gasteiger partial charge on any atom is -0.331 e. The van der Waals surface area contributed by atoms with Crippen LogP contribution in [-0.2, 0) is 10.9 Å². The molecule has 0 amide bonds. The maximum atomic E-state index is 11.3. The predicted molar refractivity (Wildman–Crippen MR) is 168 cm³/mol. The second kappa shape index (κ2) is 31.4. The SMILES string of the molecule is CC.CC.CCC(=O)c1ccc(SC)cc1.CCC(=O)c1ccc([S+](C)C)cc1.CCN.CCNC. The van der Waals surface area contributed by atoms with Gasteiger partial charge in [-0.2, -0.15) is 0 Å². The van der Waals surface area contributed by atoms with Gasteiger partial charge < -0.3 is 11.1 Å². The quantitative estimate of drug-likeness (QED) is 0.214. The first kappa shape index (κ1) is 41.5. The van der Waals surface area contributed by atoms with Crippen molar-refractivity contribution in [3.05, 3.63) is 59.7 Å². The van der Waals surface area contributed by atoms with Crippen LogP contribution < -0.4 is 11.1 Å². The van der Waals surface area contributed by atoms with Crippen molar-refractivity contribution < 1.29 is 9.59 Å². The summed E-state index contributed by atoms with van der Waals surface area (Å²) in [5.41, 5.74) is 6.49. The zero-order chi connectivity index (χ0) is 28.9. The van der Waals surface area contributed by atoms with Crippen molar-refractivity contribution >= 4 is 34.2 Å². The van der Waals surface area contributed by atoms with Crippen molar-refractivity contribution in [1.82, 2.24) is 5.32 Å². The van der Waals surface area contributed by atoms with Gasteiger partial charge in [-0.1, -0.05) is 67.5 Å². The Morgan fingerprint density at radius 2 is 1.08 bits per heavy atom. The van der Waals surface area contributed by atoms with E-state index < -0.39 is 0 Å². The van der Waals surface area contributed by atoms with Crippen molar-refractivity contribution in [2.45, 2.75) is 78.0 Å². The van der Waals surface area contributed by atoms with Gasteiger partial charge in [-0.15, -0.1) is 11.8 Å². The fourth-order valence-electron chi connectivity index (χ4n) is 2.10. The standard InChI is InChI=1S/C11H15OS.C10H12OS.C3H9N.C2H7N.2C2H6/c1-4-11(12)9-5-7-10(8-6-9)13(2)3;1-3-10(11)8-4-6-9(12-2)7-5-8;1-3-4-2;1-2-3;2*1-2/h5-8H,4H2,1-3H3;4-7H,3H2,1-2H3;4H,3H2,1-2H3;2-3H2,1H3;2*1-2H3/q+1;;;;;. The molecule has 0 bridgehead atoms. The molecule has 6 heteroatoms. The molecule has 0 aliphatic heterocycles. The molecule has 2 aromatic rings. The molecular formula is C30H55N2O2S2+. The summed E-state index contributed by atoms with van der Waals surface area (Å²) in [4.78, 5) is 25.0. The number of thioether (sulfide) groups is 1. The van der Waals surface area contributed by atoms with Crippen LogP contribution in [-0.4, -0.2) is 50.5 Å². The Morgan fingerprint density at radius 3 is 1.31 bits per heavy atom. The van der Waals surface area contributed by atoms with Gasteiger partial charge in [0, 0.05) is 39.8 Å². The van der Waals surface area contributed by atoms with Crippen LogP contribution in [0.5, 0.6) is 0 Å². The molecule has 0 heterocycles. The molecule has 4 nitrogen and oxygen atoms in total. The van der Waals surface area contributed by atoms with E-state index >= 15 is 0 Å². The third kappa shape index (κ3) is 22.8. The Balaban J connectivity index is -0.000000205. The van der Waals surface area contributed by atoms with Crippen molar-refractivity contribution in [3.63, 3.8) is 0 Å². The van der Waals surface area contributed by atoms with Crippen molar-refractivity contribution in [2.24, 2.45) is 5.73 Å². The summed E-state index contributed by atoms with van der Waals surface area (Å²) in [5, 5.41) is 2.93. The lowest BCUT2D eigenvalue weighted by atomic mass is 10.1. The van der Waals surface area contributed by atoms with Crippen LogP contribution in [0.15, 0.2) is 58.3 Å². The van der Waals surface area contributed by atoms with E-state index in [-0.39, 0.29) is 22.5 Å². The highest BCUT2D eigenvalue weighted by Crippen LogP contribution is 2.15. The minimum absolute atomic E-state index is 0.211. The number of nitrogens with one attached hydrogen (secondary N) is 1. The highest BCUT2D eigenvalue weighted by molar-refractivity contribution is 7.98. The summed E-state index contributed by atoms with van der Waals surface area (Å²) < 4.78 is 0. The minimum atomic E-state index is 0.211. The number of carbonyl (C=O) groups is 2. The first-order valence-corrected chi connectivity index (χ1v) is 16.2. The van der Waals surface area contributed by atoms with E-state index in [1.54, 1.807) is 11.8 Å². The van der Waals surface area contributed by atoms with E-state index in [4.69, 9.17) is 5.73 Å². The number of ketones is 2. The predicted octanol–water partition coefficient (Wildman–Crippen LogP) is 7.76. The van der Waals surface area contributed by atoms with Crippen LogP contribution in [0.4, 0.5) is 0 Å². The van der Waals surface area contributed by atoms with Crippen LogP contribution in [0.1, 0.15) is 88.9 Å². The van der Waals surface area contributed by atoms with Crippen LogP contribution >= 0.6 is 11.8 Å². The number of hydrogen-bond acceptors (Lipinski definition) is 5. The lowest BCUT2D eigenvalue weighted by Gasteiger charge is -1.98. The Morgan fingerprint density at radius 1 is 0.778 bits per heavy atom. The largest absolute Gasteiger partial charge is 0.331 e. The van der Waals surface area contributed by atoms with E-state index in [0.717, 1.165) is 24.2 Å². The normalized spacial score (nSPS) is 8.72. The molecule has 2 rings (SSSR count). The number of nitrogens with two attached hydrogens (primary N) is 1. The number of benzene rings is 2. The molecule has 0 aliphatic carbocycles. The van der Waals surface area contributed by atoms with Gasteiger partial charge >= 0.3 is 0 Å². The van der Waals surface area contributed by atoms with Gasteiger partial charge in [-0.25, -0.2) is 0 Å². The van der Waals surface area contributed by atoms with Crippen molar-refractivity contribution in [1.29, 1.82) is 0 Å². The molecule has 0 saturated carbocycles.